The summed E-state index contributed by atoms with van der Waals surface area (Å²) in [5, 5.41) is 23.9. The Morgan fingerprint density at radius 1 is 0.882 bits per heavy atom. The van der Waals surface area contributed by atoms with Crippen LogP contribution in [0.4, 0.5) is 4.79 Å². The number of aliphatic hydroxyl groups is 2. The van der Waals surface area contributed by atoms with Gasteiger partial charge in [0, 0.05) is 23.1 Å². The minimum absolute atomic E-state index is 0.0706. The number of carbonyl (C=O) groups excluding carboxylic acids is 2. The maximum Gasteiger partial charge on any atom is 0.410 e. The van der Waals surface area contributed by atoms with E-state index in [0.29, 0.717) is 49.8 Å². The number of allylic oxidation sites excluding steroid dienone is 2. The van der Waals surface area contributed by atoms with Crippen molar-refractivity contribution < 1.29 is 24.5 Å². The molecule has 7 rings (SSSR count). The Morgan fingerprint density at radius 2 is 1.57 bits per heavy atom. The minimum atomic E-state index is -1.25. The predicted molar refractivity (Wildman–Crippen MR) is 203 cm³/mol. The number of carbonyl (C=O) groups is 2. The number of rotatable bonds is 8. The summed E-state index contributed by atoms with van der Waals surface area (Å²) in [5.74, 6) is -0.222. The van der Waals surface area contributed by atoms with Gasteiger partial charge in [0.15, 0.2) is 5.78 Å². The molecule has 4 atom stereocenters. The Kier molecular flexibility index (Phi) is 11.2. The summed E-state index contributed by atoms with van der Waals surface area (Å²) in [5.41, 5.74) is 5.42. The molecule has 6 heteroatoms. The summed E-state index contributed by atoms with van der Waals surface area (Å²) < 4.78 is 5.52. The molecule has 0 radical (unpaired) electrons. The van der Waals surface area contributed by atoms with Crippen LogP contribution in [0.3, 0.4) is 0 Å². The third-order valence-corrected chi connectivity index (χ3v) is 11.4. The van der Waals surface area contributed by atoms with Crippen LogP contribution in [0.1, 0.15) is 97.8 Å². The summed E-state index contributed by atoms with van der Waals surface area (Å²) in [6, 6.07) is 33.8. The third-order valence-electron chi connectivity index (χ3n) is 11.4. The molecule has 6 nitrogen and oxygen atoms in total. The van der Waals surface area contributed by atoms with Crippen molar-refractivity contribution in [3.05, 3.63) is 143 Å². The van der Waals surface area contributed by atoms with Gasteiger partial charge in [-0.2, -0.15) is 0 Å². The van der Waals surface area contributed by atoms with Gasteiger partial charge in [-0.15, -0.1) is 0 Å². The van der Waals surface area contributed by atoms with E-state index in [4.69, 9.17) is 4.74 Å². The highest BCUT2D eigenvalue weighted by molar-refractivity contribution is 6.10. The minimum Gasteiger partial charge on any atom is -0.450 e. The van der Waals surface area contributed by atoms with Crippen LogP contribution < -0.4 is 0 Å². The van der Waals surface area contributed by atoms with Crippen LogP contribution in [0.15, 0.2) is 115 Å². The maximum atomic E-state index is 14.6. The maximum absolute atomic E-state index is 14.6. The Bertz CT molecular complexity index is 1840. The van der Waals surface area contributed by atoms with E-state index in [1.54, 1.807) is 11.8 Å². The number of fused-ring (bicyclic) bond motifs is 8. The molecular formula is C45H51NO5. The van der Waals surface area contributed by atoms with Gasteiger partial charge in [0.2, 0.25) is 0 Å². The lowest BCUT2D eigenvalue weighted by Gasteiger charge is -2.46. The van der Waals surface area contributed by atoms with Gasteiger partial charge < -0.3 is 19.8 Å². The molecule has 4 aromatic rings. The fourth-order valence-corrected chi connectivity index (χ4v) is 8.32. The lowest BCUT2D eigenvalue weighted by Crippen LogP contribution is -2.53. The molecule has 0 saturated heterocycles. The zero-order valence-electron chi connectivity index (χ0n) is 30.2. The van der Waals surface area contributed by atoms with Crippen molar-refractivity contribution in [2.45, 2.75) is 89.9 Å². The van der Waals surface area contributed by atoms with Crippen molar-refractivity contribution in [3.8, 4) is 11.1 Å². The first-order valence-corrected chi connectivity index (χ1v) is 18.4. The second kappa shape index (κ2) is 15.8. The van der Waals surface area contributed by atoms with Gasteiger partial charge in [-0.1, -0.05) is 116 Å². The van der Waals surface area contributed by atoms with E-state index in [0.717, 1.165) is 40.7 Å². The Balaban J connectivity index is 1.41. The molecule has 0 aromatic heterocycles. The van der Waals surface area contributed by atoms with Crippen LogP contribution in [0.5, 0.6) is 0 Å². The van der Waals surface area contributed by atoms with E-state index >= 15 is 0 Å². The number of amides is 1. The first kappa shape index (κ1) is 36.3. The highest BCUT2D eigenvalue weighted by Crippen LogP contribution is 2.59. The van der Waals surface area contributed by atoms with E-state index in [1.165, 1.54) is 5.57 Å². The second-order valence-corrected chi connectivity index (χ2v) is 14.8. The summed E-state index contributed by atoms with van der Waals surface area (Å²) >= 11 is 0. The molecule has 51 heavy (non-hydrogen) atoms. The quantitative estimate of drug-likeness (QED) is 0.143. The van der Waals surface area contributed by atoms with Crippen LogP contribution >= 0.6 is 0 Å². The van der Waals surface area contributed by atoms with Gasteiger partial charge in [0.25, 0.3) is 0 Å². The number of aliphatic hydroxyl groups excluding tert-OH is 1. The van der Waals surface area contributed by atoms with Crippen molar-refractivity contribution in [1.29, 1.82) is 0 Å². The molecule has 0 spiro atoms. The number of ketones is 1. The predicted octanol–water partition coefficient (Wildman–Crippen LogP) is 9.28. The fourth-order valence-electron chi connectivity index (χ4n) is 8.32. The molecule has 1 fully saturated rings. The van der Waals surface area contributed by atoms with Crippen molar-refractivity contribution >= 4 is 11.9 Å². The smallest absolute Gasteiger partial charge is 0.410 e. The number of hydrogen-bond acceptors (Lipinski definition) is 5. The molecule has 266 valence electrons. The van der Waals surface area contributed by atoms with Crippen LogP contribution in [0, 0.1) is 5.41 Å². The van der Waals surface area contributed by atoms with Crippen LogP contribution in [-0.2, 0) is 17.7 Å². The van der Waals surface area contributed by atoms with Crippen molar-refractivity contribution in [2.24, 2.45) is 5.41 Å². The molecule has 0 heterocycles. The second-order valence-electron chi connectivity index (χ2n) is 14.8. The first-order chi connectivity index (χ1) is 24.6. The number of ether oxygens (including phenoxy) is 1. The fraction of sp³-hybridized carbons (Fsp3) is 0.378. The van der Waals surface area contributed by atoms with E-state index in [9.17, 15) is 19.8 Å². The molecule has 2 N–H and O–H groups in total. The van der Waals surface area contributed by atoms with Crippen LogP contribution in [0.2, 0.25) is 0 Å². The van der Waals surface area contributed by atoms with Gasteiger partial charge in [0.05, 0.1) is 24.9 Å². The molecule has 3 aliphatic carbocycles. The Morgan fingerprint density at radius 3 is 2.27 bits per heavy atom. The number of benzene rings is 4. The van der Waals surface area contributed by atoms with Gasteiger partial charge >= 0.3 is 6.09 Å². The monoisotopic (exact) mass is 685 g/mol. The average molecular weight is 686 g/mol. The number of nitrogens with zero attached hydrogens (tertiary/aromatic N) is 1. The van der Waals surface area contributed by atoms with Gasteiger partial charge in [-0.05, 0) is 98.6 Å². The number of hydrogen-bond donors (Lipinski definition) is 2. The zero-order chi connectivity index (χ0) is 36.0. The Labute approximate surface area is 302 Å². The van der Waals surface area contributed by atoms with Crippen molar-refractivity contribution in [2.75, 3.05) is 13.2 Å². The molecular weight excluding hydrogens is 634 g/mol. The molecule has 2 bridgehead atoms. The zero-order valence-corrected chi connectivity index (χ0v) is 30.2. The molecule has 3 aliphatic rings. The summed E-state index contributed by atoms with van der Waals surface area (Å²) in [6.45, 7) is 6.72. The average Bonchev–Trinajstić information content (AvgIpc) is 3.39. The lowest BCUT2D eigenvalue weighted by molar-refractivity contribution is -0.0821. The van der Waals surface area contributed by atoms with E-state index in [2.05, 4.69) is 38.1 Å². The summed E-state index contributed by atoms with van der Waals surface area (Å²) in [6.07, 6.45) is 5.66. The van der Waals surface area contributed by atoms with Crippen LogP contribution in [0.25, 0.3) is 11.1 Å². The van der Waals surface area contributed by atoms with Crippen molar-refractivity contribution in [3.63, 3.8) is 0 Å². The Hall–Kier alpha value is -4.52. The van der Waals surface area contributed by atoms with Gasteiger partial charge in [-0.25, -0.2) is 4.79 Å². The van der Waals surface area contributed by atoms with E-state index in [1.807, 2.05) is 84.9 Å². The largest absolute Gasteiger partial charge is 0.450 e. The first-order valence-electron chi connectivity index (χ1n) is 18.4. The highest BCUT2D eigenvalue weighted by Gasteiger charge is 2.57. The van der Waals surface area contributed by atoms with E-state index in [-0.39, 0.29) is 24.9 Å². The molecule has 1 amide bonds. The molecule has 4 aromatic carbocycles. The summed E-state index contributed by atoms with van der Waals surface area (Å²) in [7, 11) is 0. The highest BCUT2D eigenvalue weighted by atomic mass is 16.6. The lowest BCUT2D eigenvalue weighted by atomic mass is 9.64. The molecule has 0 aliphatic heterocycles. The normalized spacial score (nSPS) is 23.5. The standard InChI is InChI=1S/C45H51NO5/c1-4-51-43(49)46(30-33-13-7-5-8-14-33)31-45(50)27-25-41-39-24-18-34(28-38(47)23-17-32(2)12-11-26-44(41,45)3)29-40(39)42(48)37-21-19-36(20-22-37)35-15-9-6-10-16-35/h5-10,12-16,18-22,24,29,38,41,47,50H,4,11,17,23,25-28,30-31H2,1-3H3/t38-,41-,44-,45+/m0/s1. The molecule has 0 unspecified atom stereocenters. The summed E-state index contributed by atoms with van der Waals surface area (Å²) in [4.78, 5) is 29.6. The van der Waals surface area contributed by atoms with Crippen molar-refractivity contribution in [1.82, 2.24) is 4.90 Å². The van der Waals surface area contributed by atoms with Gasteiger partial charge in [0.1, 0.15) is 0 Å². The molecule has 1 saturated carbocycles. The van der Waals surface area contributed by atoms with Crippen LogP contribution in [-0.4, -0.2) is 51.8 Å². The van der Waals surface area contributed by atoms with Gasteiger partial charge in [-0.3, -0.25) is 4.79 Å². The third kappa shape index (κ3) is 8.03. The SMILES string of the molecule is CCOC(=O)N(Cc1ccccc1)C[C@]1(O)CC[C@H]2c3ccc(cc3C(=O)c3ccc(-c4ccccc4)cc3)C[C@@H](O)CCC(C)=CCC[C@@]21C. The van der Waals surface area contributed by atoms with E-state index < -0.39 is 23.2 Å². The topological polar surface area (TPSA) is 87.1 Å².